The third-order valence-electron chi connectivity index (χ3n) is 4.69. The second-order valence-electron chi connectivity index (χ2n) is 6.84. The van der Waals surface area contributed by atoms with Crippen molar-refractivity contribution in [2.24, 2.45) is 0 Å². The number of methoxy groups -OCH3 is 1. The van der Waals surface area contributed by atoms with Crippen LogP contribution in [0.15, 0.2) is 36.4 Å². The molecule has 1 aliphatic rings. The van der Waals surface area contributed by atoms with E-state index < -0.39 is 37.3 Å². The summed E-state index contributed by atoms with van der Waals surface area (Å²) in [4.78, 5) is 0. The molecule has 9 nitrogen and oxygen atoms in total. The molecule has 0 unspecified atom stereocenters. The molecule has 1 aliphatic heterocycles. The summed E-state index contributed by atoms with van der Waals surface area (Å²) in [6.45, 7) is -0.576. The lowest BCUT2D eigenvalue weighted by atomic mass is 9.99. The molecule has 1 fully saturated rings. The zero-order valence-corrected chi connectivity index (χ0v) is 16.1. The van der Waals surface area contributed by atoms with Gasteiger partial charge in [-0.15, -0.1) is 0 Å². The van der Waals surface area contributed by atoms with Crippen molar-refractivity contribution in [1.82, 2.24) is 0 Å². The molecule has 0 saturated carbocycles. The predicted molar refractivity (Wildman–Crippen MR) is 106 cm³/mol. The van der Waals surface area contributed by atoms with Crippen molar-refractivity contribution in [2.75, 3.05) is 13.7 Å². The highest BCUT2D eigenvalue weighted by Crippen LogP contribution is 2.30. The lowest BCUT2D eigenvalue weighted by molar-refractivity contribution is -0.277. The Labute approximate surface area is 172 Å². The molecule has 2 aromatic carbocycles. The Morgan fingerprint density at radius 1 is 0.933 bits per heavy atom. The maximum atomic E-state index is 10.1. The number of ether oxygens (including phenoxy) is 3. The van der Waals surface area contributed by atoms with Gasteiger partial charge in [-0.1, -0.05) is 18.2 Å². The maximum Gasteiger partial charge on any atom is 0.229 e. The molecule has 0 bridgehead atoms. The Bertz CT molecular complexity index is 896. The minimum Gasteiger partial charge on any atom is -0.508 e. The number of aliphatic hydroxyl groups excluding tert-OH is 4. The fraction of sp³-hybridized carbons (Fsp3) is 0.333. The van der Waals surface area contributed by atoms with E-state index in [9.17, 15) is 30.6 Å². The van der Waals surface area contributed by atoms with Gasteiger partial charge >= 0.3 is 0 Å². The first kappa shape index (κ1) is 21.9. The number of hydrogen-bond acceptors (Lipinski definition) is 9. The molecule has 6 N–H and O–H groups in total. The summed E-state index contributed by atoms with van der Waals surface area (Å²) in [5.41, 5.74) is 1.23. The topological polar surface area (TPSA) is 149 Å². The van der Waals surface area contributed by atoms with Crippen molar-refractivity contribution in [3.05, 3.63) is 47.5 Å². The zero-order chi connectivity index (χ0) is 21.8. The van der Waals surface area contributed by atoms with Crippen LogP contribution in [0.25, 0.3) is 12.2 Å². The smallest absolute Gasteiger partial charge is 0.229 e. The van der Waals surface area contributed by atoms with Gasteiger partial charge in [0.15, 0.2) is 11.5 Å². The van der Waals surface area contributed by atoms with Crippen LogP contribution in [-0.4, -0.2) is 75.1 Å². The van der Waals surface area contributed by atoms with Gasteiger partial charge < -0.3 is 44.8 Å². The first-order chi connectivity index (χ1) is 14.3. The number of phenols is 2. The highest BCUT2D eigenvalue weighted by Gasteiger charge is 2.44. The van der Waals surface area contributed by atoms with Gasteiger partial charge in [-0.05, 0) is 35.4 Å². The SMILES string of the molecule is COc1ccc(C=Cc2cc(O)cc(O[C@@H]3O[C@@H](CO)[C@@H](O)[C@H](O)[C@H]3O)c2)cc1O. The summed E-state index contributed by atoms with van der Waals surface area (Å²) in [5, 5.41) is 58.9. The minimum absolute atomic E-state index is 0.0119. The number of aliphatic hydroxyl groups is 4. The monoisotopic (exact) mass is 420 g/mol. The lowest BCUT2D eigenvalue weighted by Gasteiger charge is -2.39. The Kier molecular flexibility index (Phi) is 6.80. The number of aromatic hydroxyl groups is 2. The van der Waals surface area contributed by atoms with E-state index in [0.717, 1.165) is 0 Å². The van der Waals surface area contributed by atoms with E-state index in [1.54, 1.807) is 30.4 Å². The van der Waals surface area contributed by atoms with Gasteiger partial charge in [-0.25, -0.2) is 0 Å². The molecule has 30 heavy (non-hydrogen) atoms. The van der Waals surface area contributed by atoms with Gasteiger partial charge in [0.05, 0.1) is 13.7 Å². The van der Waals surface area contributed by atoms with Gasteiger partial charge in [0.2, 0.25) is 6.29 Å². The molecular weight excluding hydrogens is 396 g/mol. The molecule has 3 rings (SSSR count). The van der Waals surface area contributed by atoms with Crippen LogP contribution in [0.5, 0.6) is 23.0 Å². The summed E-state index contributed by atoms with van der Waals surface area (Å²) in [5.74, 6) is 0.354. The first-order valence-corrected chi connectivity index (χ1v) is 9.18. The highest BCUT2D eigenvalue weighted by molar-refractivity contribution is 5.72. The molecule has 9 heteroatoms. The number of rotatable bonds is 6. The van der Waals surface area contributed by atoms with Crippen molar-refractivity contribution >= 4 is 12.2 Å². The second kappa shape index (κ2) is 9.33. The quantitative estimate of drug-likeness (QED) is 0.366. The standard InChI is InChI=1S/C21H24O9/c1-28-16-5-4-11(8-15(16)24)2-3-12-6-13(23)9-14(7-12)29-21-20(27)19(26)18(25)17(10-22)30-21/h2-9,17-27H,10H2,1H3/t17-,18+,19-,20+,21+/m0/s1. The fourth-order valence-electron chi connectivity index (χ4n) is 3.07. The molecule has 0 spiro atoms. The van der Waals surface area contributed by atoms with Crippen molar-refractivity contribution in [2.45, 2.75) is 30.7 Å². The average Bonchev–Trinajstić information content (AvgIpc) is 2.72. The predicted octanol–water partition coefficient (Wildman–Crippen LogP) is 0.455. The summed E-state index contributed by atoms with van der Waals surface area (Å²) in [6, 6.07) is 9.19. The van der Waals surface area contributed by atoms with E-state index in [2.05, 4.69) is 0 Å². The number of benzene rings is 2. The summed E-state index contributed by atoms with van der Waals surface area (Å²) in [6.07, 6.45) is -3.72. The van der Waals surface area contributed by atoms with Crippen molar-refractivity contribution < 1.29 is 44.8 Å². The molecule has 162 valence electrons. The summed E-state index contributed by atoms with van der Waals surface area (Å²) in [7, 11) is 1.45. The number of hydrogen-bond donors (Lipinski definition) is 6. The van der Waals surface area contributed by atoms with Crippen LogP contribution in [0.3, 0.4) is 0 Å². The van der Waals surface area contributed by atoms with Gasteiger partial charge in [0.25, 0.3) is 0 Å². The van der Waals surface area contributed by atoms with E-state index in [1.807, 2.05) is 0 Å². The average molecular weight is 420 g/mol. The maximum absolute atomic E-state index is 10.1. The van der Waals surface area contributed by atoms with Crippen molar-refractivity contribution in [3.8, 4) is 23.0 Å². The van der Waals surface area contributed by atoms with Crippen LogP contribution >= 0.6 is 0 Å². The Morgan fingerprint density at radius 3 is 2.33 bits per heavy atom. The van der Waals surface area contributed by atoms with Crippen LogP contribution < -0.4 is 9.47 Å². The van der Waals surface area contributed by atoms with Crippen molar-refractivity contribution in [1.29, 1.82) is 0 Å². The largest absolute Gasteiger partial charge is 0.508 e. The molecular formula is C21H24O9. The minimum atomic E-state index is -1.57. The molecule has 1 saturated heterocycles. The molecule has 1 heterocycles. The molecule has 0 radical (unpaired) electrons. The van der Waals surface area contributed by atoms with E-state index in [4.69, 9.17) is 14.2 Å². The van der Waals surface area contributed by atoms with Gasteiger partial charge in [-0.3, -0.25) is 0 Å². The van der Waals surface area contributed by atoms with E-state index >= 15 is 0 Å². The zero-order valence-electron chi connectivity index (χ0n) is 16.1. The van der Waals surface area contributed by atoms with Crippen LogP contribution in [-0.2, 0) is 4.74 Å². The summed E-state index contributed by atoms with van der Waals surface area (Å²) >= 11 is 0. The van der Waals surface area contributed by atoms with Gasteiger partial charge in [0.1, 0.15) is 35.9 Å². The van der Waals surface area contributed by atoms with Gasteiger partial charge in [-0.2, -0.15) is 0 Å². The Balaban J connectivity index is 1.77. The second-order valence-corrected chi connectivity index (χ2v) is 6.84. The third kappa shape index (κ3) is 4.84. The molecule has 0 aliphatic carbocycles. The third-order valence-corrected chi connectivity index (χ3v) is 4.69. The highest BCUT2D eigenvalue weighted by atomic mass is 16.7. The lowest BCUT2D eigenvalue weighted by Crippen LogP contribution is -2.60. The first-order valence-electron chi connectivity index (χ1n) is 9.18. The molecule has 0 aromatic heterocycles. The molecule has 5 atom stereocenters. The van der Waals surface area contributed by atoms with E-state index in [0.29, 0.717) is 16.9 Å². The van der Waals surface area contributed by atoms with Crippen LogP contribution in [0.2, 0.25) is 0 Å². The molecule has 0 amide bonds. The van der Waals surface area contributed by atoms with Crippen LogP contribution in [0.1, 0.15) is 11.1 Å². The van der Waals surface area contributed by atoms with Crippen molar-refractivity contribution in [3.63, 3.8) is 0 Å². The van der Waals surface area contributed by atoms with E-state index in [-0.39, 0.29) is 17.2 Å². The van der Waals surface area contributed by atoms with Gasteiger partial charge in [0, 0.05) is 6.07 Å². The van der Waals surface area contributed by atoms with E-state index in [1.165, 1.54) is 25.3 Å². The Morgan fingerprint density at radius 2 is 1.67 bits per heavy atom. The number of phenolic OH excluding ortho intramolecular Hbond substituents is 2. The van der Waals surface area contributed by atoms with Crippen LogP contribution in [0, 0.1) is 0 Å². The summed E-state index contributed by atoms with van der Waals surface area (Å²) < 4.78 is 15.8. The van der Waals surface area contributed by atoms with Crippen LogP contribution in [0.4, 0.5) is 0 Å². The normalized spacial score (nSPS) is 26.6. The Hall–Kier alpha value is -2.82. The molecule has 2 aromatic rings. The fourth-order valence-corrected chi connectivity index (χ4v) is 3.07.